The molecule has 4 heteroatoms. The van der Waals surface area contributed by atoms with Gasteiger partial charge in [-0.05, 0) is 24.6 Å². The fourth-order valence-electron chi connectivity index (χ4n) is 2.20. The lowest BCUT2D eigenvalue weighted by atomic mass is 10.1. The summed E-state index contributed by atoms with van der Waals surface area (Å²) in [4.78, 5) is 4.46. The van der Waals surface area contributed by atoms with E-state index in [2.05, 4.69) is 43.7 Å². The van der Waals surface area contributed by atoms with Gasteiger partial charge in [0.15, 0.2) is 0 Å². The number of benzene rings is 1. The van der Waals surface area contributed by atoms with Gasteiger partial charge < -0.3 is 10.3 Å². The van der Waals surface area contributed by atoms with Crippen molar-refractivity contribution in [2.45, 2.75) is 19.5 Å². The van der Waals surface area contributed by atoms with Crippen LogP contribution < -0.4 is 5.73 Å². The average molecular weight is 278 g/mol. The van der Waals surface area contributed by atoms with Crippen molar-refractivity contribution in [3.8, 4) is 11.4 Å². The van der Waals surface area contributed by atoms with Crippen molar-refractivity contribution >= 4 is 15.9 Å². The van der Waals surface area contributed by atoms with Crippen molar-refractivity contribution < 1.29 is 0 Å². The van der Waals surface area contributed by atoms with Crippen LogP contribution in [-0.4, -0.2) is 9.55 Å². The summed E-state index contributed by atoms with van der Waals surface area (Å²) in [5, 5.41) is 0. The Morgan fingerprint density at radius 1 is 1.50 bits per heavy atom. The number of fused-ring (bicyclic) bond motifs is 3. The Balaban J connectivity index is 2.19. The number of rotatable bonds is 1. The zero-order valence-corrected chi connectivity index (χ0v) is 10.5. The van der Waals surface area contributed by atoms with Gasteiger partial charge in [-0.1, -0.05) is 22.0 Å². The van der Waals surface area contributed by atoms with Crippen LogP contribution in [0.1, 0.15) is 24.2 Å². The fourth-order valence-corrected chi connectivity index (χ4v) is 2.56. The molecule has 2 aromatic rings. The van der Waals surface area contributed by atoms with Gasteiger partial charge in [0.25, 0.3) is 0 Å². The number of imidazole rings is 1. The highest BCUT2D eigenvalue weighted by molar-refractivity contribution is 9.10. The molecule has 0 spiro atoms. The van der Waals surface area contributed by atoms with Gasteiger partial charge in [-0.25, -0.2) is 4.98 Å². The minimum absolute atomic E-state index is 0.0269. The second-order valence-corrected chi connectivity index (χ2v) is 5.10. The van der Waals surface area contributed by atoms with E-state index in [9.17, 15) is 0 Å². The monoisotopic (exact) mass is 277 g/mol. The number of halogens is 1. The third-order valence-corrected chi connectivity index (χ3v) is 3.49. The third kappa shape index (κ3) is 1.33. The van der Waals surface area contributed by atoms with E-state index in [0.29, 0.717) is 0 Å². The lowest BCUT2D eigenvalue weighted by Gasteiger charge is -2.07. The standard InChI is InChI=1S/C12H12BrN3/c1-7(14)11-5-15-12-10-4-9(13)3-2-8(10)6-16(11)12/h2-5,7H,6,14H2,1H3. The Bertz CT molecular complexity index is 557. The molecule has 16 heavy (non-hydrogen) atoms. The summed E-state index contributed by atoms with van der Waals surface area (Å²) < 4.78 is 3.28. The topological polar surface area (TPSA) is 43.8 Å². The molecule has 3 rings (SSSR count). The molecule has 1 aromatic carbocycles. The van der Waals surface area contributed by atoms with Crippen molar-refractivity contribution in [1.82, 2.24) is 9.55 Å². The molecule has 0 saturated carbocycles. The predicted octanol–water partition coefficient (Wildman–Crippen LogP) is 2.69. The summed E-state index contributed by atoms with van der Waals surface area (Å²) in [5.74, 6) is 1.03. The van der Waals surface area contributed by atoms with Gasteiger partial charge in [-0.2, -0.15) is 0 Å². The minimum Gasteiger partial charge on any atom is -0.323 e. The van der Waals surface area contributed by atoms with Crippen LogP contribution in [0.15, 0.2) is 28.9 Å². The molecule has 0 fully saturated rings. The minimum atomic E-state index is 0.0269. The Labute approximate surface area is 102 Å². The average Bonchev–Trinajstić information content (AvgIpc) is 2.76. The van der Waals surface area contributed by atoms with E-state index in [1.807, 2.05) is 13.1 Å². The molecule has 0 amide bonds. The van der Waals surface area contributed by atoms with Gasteiger partial charge in [0.1, 0.15) is 5.82 Å². The summed E-state index contributed by atoms with van der Waals surface area (Å²) in [7, 11) is 0. The summed E-state index contributed by atoms with van der Waals surface area (Å²) in [6.07, 6.45) is 1.88. The van der Waals surface area contributed by atoms with Crippen LogP contribution in [-0.2, 0) is 6.54 Å². The number of hydrogen-bond donors (Lipinski definition) is 1. The zero-order chi connectivity index (χ0) is 11.3. The van der Waals surface area contributed by atoms with Crippen molar-refractivity contribution in [2.24, 2.45) is 5.73 Å². The van der Waals surface area contributed by atoms with Crippen LogP contribution in [0.25, 0.3) is 11.4 Å². The molecule has 1 unspecified atom stereocenters. The first-order valence-corrected chi connectivity index (χ1v) is 6.06. The first-order chi connectivity index (χ1) is 7.66. The maximum Gasteiger partial charge on any atom is 0.140 e. The molecule has 0 aliphatic carbocycles. The molecule has 2 heterocycles. The predicted molar refractivity (Wildman–Crippen MR) is 67.1 cm³/mol. The second-order valence-electron chi connectivity index (χ2n) is 4.18. The van der Waals surface area contributed by atoms with Gasteiger partial charge in [0, 0.05) is 16.1 Å². The number of nitrogens with zero attached hydrogens (tertiary/aromatic N) is 2. The number of aromatic nitrogens is 2. The van der Waals surface area contributed by atoms with Crippen LogP contribution in [0, 0.1) is 0 Å². The zero-order valence-electron chi connectivity index (χ0n) is 8.94. The van der Waals surface area contributed by atoms with E-state index in [-0.39, 0.29) is 6.04 Å². The Morgan fingerprint density at radius 2 is 2.31 bits per heavy atom. The molecule has 0 radical (unpaired) electrons. The highest BCUT2D eigenvalue weighted by Crippen LogP contribution is 2.34. The van der Waals surface area contributed by atoms with Crippen molar-refractivity contribution in [3.63, 3.8) is 0 Å². The Kier molecular flexibility index (Phi) is 2.16. The van der Waals surface area contributed by atoms with Crippen LogP contribution in [0.3, 0.4) is 0 Å². The fraction of sp³-hybridized carbons (Fsp3) is 0.250. The second kappa shape index (κ2) is 3.43. The summed E-state index contributed by atoms with van der Waals surface area (Å²) in [5.41, 5.74) is 9.55. The van der Waals surface area contributed by atoms with E-state index in [1.54, 1.807) is 0 Å². The maximum atomic E-state index is 5.93. The third-order valence-electron chi connectivity index (χ3n) is 2.99. The molecular weight excluding hydrogens is 266 g/mol. The first-order valence-electron chi connectivity index (χ1n) is 5.26. The number of nitrogens with two attached hydrogens (primary N) is 1. The lowest BCUT2D eigenvalue weighted by Crippen LogP contribution is -2.11. The molecule has 1 aliphatic heterocycles. The Hall–Kier alpha value is -1.13. The van der Waals surface area contributed by atoms with Gasteiger partial charge in [-0.15, -0.1) is 0 Å². The molecule has 1 atom stereocenters. The van der Waals surface area contributed by atoms with Crippen LogP contribution >= 0.6 is 15.9 Å². The van der Waals surface area contributed by atoms with Crippen molar-refractivity contribution in [2.75, 3.05) is 0 Å². The maximum absolute atomic E-state index is 5.93. The molecule has 1 aliphatic rings. The highest BCUT2D eigenvalue weighted by Gasteiger charge is 2.23. The van der Waals surface area contributed by atoms with Gasteiger partial charge in [0.2, 0.25) is 0 Å². The van der Waals surface area contributed by atoms with E-state index in [4.69, 9.17) is 5.73 Å². The van der Waals surface area contributed by atoms with Crippen molar-refractivity contribution in [1.29, 1.82) is 0 Å². The van der Waals surface area contributed by atoms with E-state index in [0.717, 1.165) is 22.5 Å². The summed E-state index contributed by atoms with van der Waals surface area (Å²) >= 11 is 3.49. The number of hydrogen-bond acceptors (Lipinski definition) is 2. The van der Waals surface area contributed by atoms with Gasteiger partial charge in [-0.3, -0.25) is 0 Å². The van der Waals surface area contributed by atoms with E-state index in [1.165, 1.54) is 11.1 Å². The quantitative estimate of drug-likeness (QED) is 0.743. The van der Waals surface area contributed by atoms with Crippen LogP contribution in [0.5, 0.6) is 0 Å². The molecule has 82 valence electrons. The van der Waals surface area contributed by atoms with Gasteiger partial charge >= 0.3 is 0 Å². The molecule has 0 saturated heterocycles. The first kappa shape index (κ1) is 10.1. The van der Waals surface area contributed by atoms with Crippen LogP contribution in [0.2, 0.25) is 0 Å². The SMILES string of the molecule is CC(N)c1cnc2n1Cc1ccc(Br)cc1-2. The van der Waals surface area contributed by atoms with Crippen LogP contribution in [0.4, 0.5) is 0 Å². The van der Waals surface area contributed by atoms with Gasteiger partial charge in [0.05, 0.1) is 18.4 Å². The largest absolute Gasteiger partial charge is 0.323 e. The molecule has 3 nitrogen and oxygen atoms in total. The highest BCUT2D eigenvalue weighted by atomic mass is 79.9. The van der Waals surface area contributed by atoms with E-state index < -0.39 is 0 Å². The lowest BCUT2D eigenvalue weighted by molar-refractivity contribution is 0.694. The van der Waals surface area contributed by atoms with Crippen molar-refractivity contribution in [3.05, 3.63) is 40.1 Å². The summed E-state index contributed by atoms with van der Waals surface area (Å²) in [6.45, 7) is 2.87. The summed E-state index contributed by atoms with van der Waals surface area (Å²) in [6, 6.07) is 6.35. The molecule has 1 aromatic heterocycles. The molecule has 2 N–H and O–H groups in total. The normalized spacial score (nSPS) is 14.7. The van der Waals surface area contributed by atoms with E-state index >= 15 is 0 Å². The molecular formula is C12H12BrN3. The Morgan fingerprint density at radius 3 is 3.06 bits per heavy atom. The molecule has 0 bridgehead atoms. The smallest absolute Gasteiger partial charge is 0.140 e.